The molecule has 0 saturated heterocycles. The molecule has 0 aliphatic rings. The lowest BCUT2D eigenvalue weighted by Gasteiger charge is -2.12. The largest absolute Gasteiger partial charge is 0.356 e. The van der Waals surface area contributed by atoms with Crippen molar-refractivity contribution in [2.45, 2.75) is 32.7 Å². The second kappa shape index (κ2) is 11.4. The van der Waals surface area contributed by atoms with E-state index in [0.29, 0.717) is 18.1 Å². The zero-order valence-corrected chi connectivity index (χ0v) is 17.2. The minimum absolute atomic E-state index is 0. The summed E-state index contributed by atoms with van der Waals surface area (Å²) < 4.78 is 13.6. The van der Waals surface area contributed by atoms with E-state index in [-0.39, 0.29) is 29.8 Å². The third-order valence-corrected chi connectivity index (χ3v) is 4.43. The van der Waals surface area contributed by atoms with Gasteiger partial charge in [-0.2, -0.15) is 0 Å². The molecule has 0 bridgehead atoms. The van der Waals surface area contributed by atoms with E-state index in [1.54, 1.807) is 30.5 Å². The Kier molecular flexibility index (Phi) is 9.85. The van der Waals surface area contributed by atoms with Gasteiger partial charge in [0.05, 0.1) is 5.01 Å². The lowest BCUT2D eigenvalue weighted by Crippen LogP contribution is -2.37. The first kappa shape index (κ1) is 20.8. The van der Waals surface area contributed by atoms with Crippen LogP contribution in [0.1, 0.15) is 29.1 Å². The number of aliphatic imine (C=N–C) groups is 1. The first-order chi connectivity index (χ1) is 11.2. The summed E-state index contributed by atoms with van der Waals surface area (Å²) in [6.07, 6.45) is 3.14. The van der Waals surface area contributed by atoms with Gasteiger partial charge in [0, 0.05) is 36.8 Å². The van der Waals surface area contributed by atoms with Gasteiger partial charge in [-0.25, -0.2) is 9.37 Å². The minimum Gasteiger partial charge on any atom is -0.356 e. The third kappa shape index (κ3) is 7.12. The lowest BCUT2D eigenvalue weighted by atomic mass is 10.2. The first-order valence-corrected chi connectivity index (χ1v) is 8.66. The number of aromatic nitrogens is 1. The zero-order valence-electron chi connectivity index (χ0n) is 14.0. The summed E-state index contributed by atoms with van der Waals surface area (Å²) in [7, 11) is 1.72. The van der Waals surface area contributed by atoms with Gasteiger partial charge in [0.1, 0.15) is 5.82 Å². The molecule has 1 aromatic heterocycles. The summed E-state index contributed by atoms with van der Waals surface area (Å²) in [4.78, 5) is 8.61. The van der Waals surface area contributed by atoms with Crippen LogP contribution < -0.4 is 10.6 Å². The standard InChI is InChI=1S/C17H23FN4S.HI/c1-13-12-23-16(22-13)9-5-6-10-20-17(19-2)21-11-14-7-3-4-8-15(14)18;/h3-4,7-8,12H,5-6,9-11H2,1-2H3,(H2,19,20,21);1H. The fourth-order valence-corrected chi connectivity index (χ4v) is 2.99. The molecular weight excluding hydrogens is 438 g/mol. The van der Waals surface area contributed by atoms with Gasteiger partial charge in [-0.05, 0) is 32.3 Å². The molecule has 2 N–H and O–H groups in total. The quantitative estimate of drug-likeness (QED) is 0.284. The van der Waals surface area contributed by atoms with E-state index >= 15 is 0 Å². The Morgan fingerprint density at radius 2 is 2.04 bits per heavy atom. The molecule has 0 unspecified atom stereocenters. The number of aryl methyl sites for hydroxylation is 2. The molecule has 0 fully saturated rings. The van der Waals surface area contributed by atoms with Crippen LogP contribution in [-0.4, -0.2) is 24.5 Å². The van der Waals surface area contributed by atoms with Gasteiger partial charge < -0.3 is 10.6 Å². The lowest BCUT2D eigenvalue weighted by molar-refractivity contribution is 0.604. The highest BCUT2D eigenvalue weighted by atomic mass is 127. The van der Waals surface area contributed by atoms with Crippen molar-refractivity contribution >= 4 is 41.3 Å². The number of guanidine groups is 1. The van der Waals surface area contributed by atoms with Crippen LogP contribution >= 0.6 is 35.3 Å². The SMILES string of the molecule is CN=C(NCCCCc1nc(C)cs1)NCc1ccccc1F.I. The van der Waals surface area contributed by atoms with Crippen LogP contribution in [0, 0.1) is 12.7 Å². The molecule has 0 spiro atoms. The van der Waals surface area contributed by atoms with Crippen molar-refractivity contribution in [2.24, 2.45) is 4.99 Å². The van der Waals surface area contributed by atoms with E-state index in [1.165, 1.54) is 11.1 Å². The van der Waals surface area contributed by atoms with Crippen molar-refractivity contribution in [3.8, 4) is 0 Å². The van der Waals surface area contributed by atoms with Crippen LogP contribution in [-0.2, 0) is 13.0 Å². The molecule has 2 rings (SSSR count). The van der Waals surface area contributed by atoms with Crippen LogP contribution in [0.25, 0.3) is 0 Å². The smallest absolute Gasteiger partial charge is 0.191 e. The number of hydrogen-bond donors (Lipinski definition) is 2. The van der Waals surface area contributed by atoms with Crippen molar-refractivity contribution in [1.29, 1.82) is 0 Å². The molecule has 0 atom stereocenters. The zero-order chi connectivity index (χ0) is 16.5. The highest BCUT2D eigenvalue weighted by Gasteiger charge is 2.03. The van der Waals surface area contributed by atoms with E-state index in [1.807, 2.05) is 13.0 Å². The third-order valence-electron chi connectivity index (χ3n) is 3.40. The Hall–Kier alpha value is -1.22. The monoisotopic (exact) mass is 462 g/mol. The predicted molar refractivity (Wildman–Crippen MR) is 110 cm³/mol. The predicted octanol–water partition coefficient (Wildman–Crippen LogP) is 3.90. The molecule has 1 heterocycles. The fraction of sp³-hybridized carbons (Fsp3) is 0.412. The van der Waals surface area contributed by atoms with Gasteiger partial charge in [0.15, 0.2) is 5.96 Å². The number of rotatable bonds is 7. The number of benzene rings is 1. The van der Waals surface area contributed by atoms with Gasteiger partial charge in [-0.15, -0.1) is 35.3 Å². The number of thiazole rings is 1. The number of nitrogens with zero attached hydrogens (tertiary/aromatic N) is 2. The highest BCUT2D eigenvalue weighted by molar-refractivity contribution is 14.0. The second-order valence-electron chi connectivity index (χ2n) is 5.28. The summed E-state index contributed by atoms with van der Waals surface area (Å²) in [5.41, 5.74) is 1.73. The molecule has 132 valence electrons. The molecule has 0 amide bonds. The van der Waals surface area contributed by atoms with Gasteiger partial charge >= 0.3 is 0 Å². The van der Waals surface area contributed by atoms with Crippen LogP contribution in [0.5, 0.6) is 0 Å². The molecule has 1 aromatic carbocycles. The van der Waals surface area contributed by atoms with Crippen molar-refractivity contribution in [1.82, 2.24) is 15.6 Å². The second-order valence-corrected chi connectivity index (χ2v) is 6.23. The number of nitrogens with one attached hydrogen (secondary N) is 2. The summed E-state index contributed by atoms with van der Waals surface area (Å²) in [6.45, 7) is 3.28. The Morgan fingerprint density at radius 1 is 1.25 bits per heavy atom. The van der Waals surface area contributed by atoms with Gasteiger partial charge in [0.2, 0.25) is 0 Å². The normalized spacial score (nSPS) is 11.0. The van der Waals surface area contributed by atoms with E-state index in [4.69, 9.17) is 0 Å². The fourth-order valence-electron chi connectivity index (χ4n) is 2.17. The maximum atomic E-state index is 13.6. The van der Waals surface area contributed by atoms with Crippen LogP contribution in [0.3, 0.4) is 0 Å². The summed E-state index contributed by atoms with van der Waals surface area (Å²) >= 11 is 1.72. The van der Waals surface area contributed by atoms with Crippen molar-refractivity contribution < 1.29 is 4.39 Å². The van der Waals surface area contributed by atoms with Crippen LogP contribution in [0.4, 0.5) is 4.39 Å². The Morgan fingerprint density at radius 3 is 2.71 bits per heavy atom. The molecule has 7 heteroatoms. The van der Waals surface area contributed by atoms with E-state index < -0.39 is 0 Å². The van der Waals surface area contributed by atoms with E-state index in [9.17, 15) is 4.39 Å². The van der Waals surface area contributed by atoms with Crippen molar-refractivity contribution in [2.75, 3.05) is 13.6 Å². The van der Waals surface area contributed by atoms with E-state index in [0.717, 1.165) is 31.5 Å². The molecule has 0 saturated carbocycles. The summed E-state index contributed by atoms with van der Waals surface area (Å²) in [5, 5.41) is 9.66. The first-order valence-electron chi connectivity index (χ1n) is 7.78. The van der Waals surface area contributed by atoms with Crippen molar-refractivity contribution in [3.63, 3.8) is 0 Å². The highest BCUT2D eigenvalue weighted by Crippen LogP contribution is 2.11. The molecule has 0 radical (unpaired) electrons. The maximum absolute atomic E-state index is 13.6. The van der Waals surface area contributed by atoms with Crippen molar-refractivity contribution in [3.05, 3.63) is 51.7 Å². The Balaban J connectivity index is 0.00000288. The molecule has 24 heavy (non-hydrogen) atoms. The van der Waals surface area contributed by atoms with Crippen LogP contribution in [0.2, 0.25) is 0 Å². The summed E-state index contributed by atoms with van der Waals surface area (Å²) in [5.74, 6) is 0.493. The summed E-state index contributed by atoms with van der Waals surface area (Å²) in [6, 6.07) is 6.76. The molecule has 4 nitrogen and oxygen atoms in total. The van der Waals surface area contributed by atoms with Crippen LogP contribution in [0.15, 0.2) is 34.6 Å². The van der Waals surface area contributed by atoms with Gasteiger partial charge in [-0.1, -0.05) is 18.2 Å². The number of hydrogen-bond acceptors (Lipinski definition) is 3. The average molecular weight is 462 g/mol. The van der Waals surface area contributed by atoms with Gasteiger partial charge in [-0.3, -0.25) is 4.99 Å². The topological polar surface area (TPSA) is 49.3 Å². The van der Waals surface area contributed by atoms with Gasteiger partial charge in [0.25, 0.3) is 0 Å². The number of halogens is 2. The Labute approximate surface area is 164 Å². The number of unbranched alkanes of at least 4 members (excludes halogenated alkanes) is 1. The molecule has 2 aromatic rings. The maximum Gasteiger partial charge on any atom is 0.191 e. The Bertz CT molecular complexity index is 645. The average Bonchev–Trinajstić information content (AvgIpc) is 2.97. The molecular formula is C17H24FIN4S. The molecule has 0 aliphatic carbocycles. The molecule has 0 aliphatic heterocycles. The van der Waals surface area contributed by atoms with E-state index in [2.05, 4.69) is 26.0 Å². The minimum atomic E-state index is -0.200.